The van der Waals surface area contributed by atoms with Crippen LogP contribution < -0.4 is 4.74 Å². The number of ketones is 2. The van der Waals surface area contributed by atoms with E-state index in [1.54, 1.807) is 11.8 Å². The van der Waals surface area contributed by atoms with Crippen molar-refractivity contribution in [1.29, 1.82) is 0 Å². The number of piperidine rings is 2. The number of carbonyl (C=O) groups excluding carboxylic acids is 2. The zero-order valence-electron chi connectivity index (χ0n) is 21.3. The smallest absolute Gasteiger partial charge is 0.162 e. The van der Waals surface area contributed by atoms with Crippen LogP contribution in [0, 0.1) is 0 Å². The number of nitrogens with zero attached hydrogens (tertiary/aromatic N) is 2. The second-order valence-corrected chi connectivity index (χ2v) is 11.5. The molecule has 0 bridgehead atoms. The minimum Gasteiger partial charge on any atom is -0.455 e. The molecule has 6 heteroatoms. The fraction of sp³-hybridized carbons (Fsp3) is 0.533. The summed E-state index contributed by atoms with van der Waals surface area (Å²) in [5.41, 5.74) is 1.49. The molecule has 2 aromatic rings. The Morgan fingerprint density at radius 1 is 0.667 bits per heavy atom. The monoisotopic (exact) mass is 506 g/mol. The number of hydrogen-bond donors (Lipinski definition) is 0. The Morgan fingerprint density at radius 3 is 1.56 bits per heavy atom. The van der Waals surface area contributed by atoms with Crippen molar-refractivity contribution in [3.8, 4) is 11.5 Å². The molecule has 2 fully saturated rings. The zero-order valence-corrected chi connectivity index (χ0v) is 22.1. The van der Waals surface area contributed by atoms with Crippen LogP contribution in [0.15, 0.2) is 46.2 Å². The van der Waals surface area contributed by atoms with Crippen molar-refractivity contribution >= 4 is 23.3 Å². The molecule has 5 nitrogen and oxygen atoms in total. The van der Waals surface area contributed by atoms with Gasteiger partial charge in [-0.25, -0.2) is 0 Å². The molecule has 3 aliphatic rings. The average Bonchev–Trinajstić information content (AvgIpc) is 2.92. The normalized spacial score (nSPS) is 18.2. The molecule has 0 aromatic heterocycles. The molecule has 5 rings (SSSR count). The van der Waals surface area contributed by atoms with Crippen LogP contribution in [0.1, 0.15) is 84.9 Å². The highest BCUT2D eigenvalue weighted by atomic mass is 32.2. The maximum atomic E-state index is 12.9. The van der Waals surface area contributed by atoms with E-state index < -0.39 is 0 Å². The molecular weight excluding hydrogens is 468 g/mol. The maximum absolute atomic E-state index is 12.9. The molecular formula is C30H38N2O3S. The largest absolute Gasteiger partial charge is 0.455 e. The van der Waals surface area contributed by atoms with Gasteiger partial charge in [0.15, 0.2) is 11.6 Å². The molecule has 0 spiro atoms. The van der Waals surface area contributed by atoms with E-state index in [1.807, 2.05) is 36.4 Å². The number of Topliss-reactive ketones (excluding diaryl/α,β-unsaturated/α-hetero) is 2. The van der Waals surface area contributed by atoms with Gasteiger partial charge in [-0.05, 0) is 114 Å². The van der Waals surface area contributed by atoms with Gasteiger partial charge in [0.1, 0.15) is 11.5 Å². The third-order valence-corrected chi connectivity index (χ3v) is 8.70. The second-order valence-electron chi connectivity index (χ2n) is 10.4. The Bertz CT molecular complexity index is 990. The maximum Gasteiger partial charge on any atom is 0.162 e. The molecule has 0 N–H and O–H groups in total. The van der Waals surface area contributed by atoms with Crippen LogP contribution in [0.3, 0.4) is 0 Å². The van der Waals surface area contributed by atoms with Crippen molar-refractivity contribution in [2.45, 2.75) is 74.0 Å². The number of hydrogen-bond acceptors (Lipinski definition) is 6. The molecule has 36 heavy (non-hydrogen) atoms. The molecule has 0 saturated carbocycles. The Kier molecular flexibility index (Phi) is 8.78. The van der Waals surface area contributed by atoms with Crippen LogP contribution in [-0.4, -0.2) is 60.6 Å². The number of carbonyl (C=O) groups is 2. The van der Waals surface area contributed by atoms with Gasteiger partial charge in [-0.15, -0.1) is 0 Å². The molecule has 0 amide bonds. The van der Waals surface area contributed by atoms with E-state index in [9.17, 15) is 9.59 Å². The lowest BCUT2D eigenvalue weighted by molar-refractivity contribution is 0.0965. The van der Waals surface area contributed by atoms with Crippen molar-refractivity contribution in [3.63, 3.8) is 0 Å². The van der Waals surface area contributed by atoms with Crippen LogP contribution in [0.5, 0.6) is 11.5 Å². The number of rotatable bonds is 10. The van der Waals surface area contributed by atoms with E-state index in [0.29, 0.717) is 12.8 Å². The van der Waals surface area contributed by atoms with E-state index in [2.05, 4.69) is 9.80 Å². The van der Waals surface area contributed by atoms with Gasteiger partial charge in [-0.1, -0.05) is 24.6 Å². The molecule has 2 aromatic carbocycles. The van der Waals surface area contributed by atoms with Gasteiger partial charge in [0.05, 0.1) is 9.79 Å². The number of ether oxygens (including phenoxy) is 1. The lowest BCUT2D eigenvalue weighted by Gasteiger charge is -2.26. The Balaban J connectivity index is 1.16. The predicted octanol–water partition coefficient (Wildman–Crippen LogP) is 6.84. The lowest BCUT2D eigenvalue weighted by atomic mass is 10.0. The summed E-state index contributed by atoms with van der Waals surface area (Å²) in [4.78, 5) is 32.6. The summed E-state index contributed by atoms with van der Waals surface area (Å²) >= 11 is 1.59. The highest BCUT2D eigenvalue weighted by Gasteiger charge is 2.21. The van der Waals surface area contributed by atoms with E-state index >= 15 is 0 Å². The van der Waals surface area contributed by atoms with Crippen LogP contribution >= 0.6 is 11.8 Å². The summed E-state index contributed by atoms with van der Waals surface area (Å²) < 4.78 is 6.11. The van der Waals surface area contributed by atoms with E-state index in [0.717, 1.165) is 58.3 Å². The number of fused-ring (bicyclic) bond motifs is 2. The molecule has 3 aliphatic heterocycles. The summed E-state index contributed by atoms with van der Waals surface area (Å²) in [5.74, 6) is 1.94. The van der Waals surface area contributed by atoms with Gasteiger partial charge in [0.25, 0.3) is 0 Å². The van der Waals surface area contributed by atoms with Crippen molar-refractivity contribution in [2.24, 2.45) is 0 Å². The van der Waals surface area contributed by atoms with E-state index in [1.165, 1.54) is 64.7 Å². The minimum absolute atomic E-state index is 0.193. The zero-order chi connectivity index (χ0) is 24.7. The second kappa shape index (κ2) is 12.4. The predicted molar refractivity (Wildman–Crippen MR) is 145 cm³/mol. The first-order valence-corrected chi connectivity index (χ1v) is 14.6. The van der Waals surface area contributed by atoms with Gasteiger partial charge in [-0.2, -0.15) is 0 Å². The topological polar surface area (TPSA) is 49.9 Å². The van der Waals surface area contributed by atoms with E-state index in [-0.39, 0.29) is 11.6 Å². The van der Waals surface area contributed by atoms with Gasteiger partial charge < -0.3 is 14.5 Å². The standard InChI is InChI=1S/C30H38N2O3S/c33-25(9-7-19-31-15-3-1-4-16-31)23-11-13-27-29(21-23)36-30-22-24(12-14-28(30)35-27)26(34)10-8-20-32-17-5-2-6-18-32/h11-14,21-22H,1-10,15-20H2. The molecule has 0 atom stereocenters. The Hall–Kier alpha value is -2.15. The van der Waals surface area contributed by atoms with Crippen LogP contribution in [0.25, 0.3) is 0 Å². The third-order valence-electron chi connectivity index (χ3n) is 7.62. The fourth-order valence-corrected chi connectivity index (χ4v) is 6.54. The Morgan fingerprint density at radius 2 is 1.11 bits per heavy atom. The average molecular weight is 507 g/mol. The van der Waals surface area contributed by atoms with Gasteiger partial charge in [0.2, 0.25) is 0 Å². The van der Waals surface area contributed by atoms with Gasteiger partial charge >= 0.3 is 0 Å². The SMILES string of the molecule is O=C(CCCN1CCCCC1)c1ccc2c(c1)Sc1cc(C(=O)CCCN3CCCCC3)ccc1O2. The first kappa shape index (κ1) is 25.5. The van der Waals surface area contributed by atoms with Crippen LogP contribution in [-0.2, 0) is 0 Å². The summed E-state index contributed by atoms with van der Waals surface area (Å²) in [6, 6.07) is 11.5. The third kappa shape index (κ3) is 6.58. The van der Waals surface area contributed by atoms with Crippen molar-refractivity contribution < 1.29 is 14.3 Å². The summed E-state index contributed by atoms with van der Waals surface area (Å²) in [5, 5.41) is 0. The van der Waals surface area contributed by atoms with Crippen molar-refractivity contribution in [1.82, 2.24) is 9.80 Å². The van der Waals surface area contributed by atoms with Gasteiger partial charge in [-0.3, -0.25) is 9.59 Å². The lowest BCUT2D eigenvalue weighted by Crippen LogP contribution is -2.30. The molecule has 0 aliphatic carbocycles. The number of benzene rings is 2. The first-order chi connectivity index (χ1) is 17.7. The first-order valence-electron chi connectivity index (χ1n) is 13.8. The minimum atomic E-state index is 0.193. The molecule has 192 valence electrons. The summed E-state index contributed by atoms with van der Waals surface area (Å²) in [7, 11) is 0. The summed E-state index contributed by atoms with van der Waals surface area (Å²) in [6.45, 7) is 6.70. The quantitative estimate of drug-likeness (QED) is 0.281. The highest BCUT2D eigenvalue weighted by Crippen LogP contribution is 2.47. The van der Waals surface area contributed by atoms with Gasteiger partial charge in [0, 0.05) is 24.0 Å². The summed E-state index contributed by atoms with van der Waals surface area (Å²) in [6.07, 6.45) is 10.8. The molecule has 0 unspecified atom stereocenters. The highest BCUT2D eigenvalue weighted by molar-refractivity contribution is 7.99. The van der Waals surface area contributed by atoms with Crippen LogP contribution in [0.4, 0.5) is 0 Å². The number of likely N-dealkylation sites (tertiary alicyclic amines) is 2. The fourth-order valence-electron chi connectivity index (χ4n) is 5.51. The molecule has 0 radical (unpaired) electrons. The van der Waals surface area contributed by atoms with Crippen molar-refractivity contribution in [3.05, 3.63) is 47.5 Å². The van der Waals surface area contributed by atoms with Crippen LogP contribution in [0.2, 0.25) is 0 Å². The molecule has 2 saturated heterocycles. The molecule has 3 heterocycles. The van der Waals surface area contributed by atoms with E-state index in [4.69, 9.17) is 4.74 Å². The Labute approximate surface area is 219 Å². The van der Waals surface area contributed by atoms with Crippen molar-refractivity contribution in [2.75, 3.05) is 39.3 Å².